The highest BCUT2D eigenvalue weighted by atomic mass is 35.5. The number of aromatic nitrogens is 3. The Hall–Kier alpha value is -2.38. The topological polar surface area (TPSA) is 113 Å². The number of nitrogens with zero attached hydrogens (tertiary/aromatic N) is 4. The van der Waals surface area contributed by atoms with Gasteiger partial charge in [0.25, 0.3) is 5.91 Å². The summed E-state index contributed by atoms with van der Waals surface area (Å²) < 4.78 is 10.7. The molecule has 1 amide bonds. The highest BCUT2D eigenvalue weighted by molar-refractivity contribution is 7.18. The maximum Gasteiger partial charge on any atom is 0.350 e. The zero-order valence-electron chi connectivity index (χ0n) is 20.3. The fraction of sp³-hybridized carbons (Fsp3) is 0.455. The number of halogens is 2. The molecule has 0 aliphatic carbocycles. The van der Waals surface area contributed by atoms with Crippen LogP contribution in [0, 0.1) is 6.92 Å². The minimum Gasteiger partial charge on any atom is -0.465 e. The number of piperidine rings is 1. The second-order valence-corrected chi connectivity index (χ2v) is 11.0. The van der Waals surface area contributed by atoms with E-state index in [9.17, 15) is 9.59 Å². The molecule has 10 nitrogen and oxygen atoms in total. The second-order valence-electron chi connectivity index (χ2n) is 8.42. The molecule has 0 bridgehead atoms. The lowest BCUT2D eigenvalue weighted by Gasteiger charge is -2.37. The van der Waals surface area contributed by atoms with Crippen LogP contribution in [0.15, 0.2) is 5.38 Å². The van der Waals surface area contributed by atoms with Crippen LogP contribution in [0.5, 0.6) is 0 Å². The summed E-state index contributed by atoms with van der Waals surface area (Å²) in [6.45, 7) is 2.81. The number of methoxy groups -OCH3 is 2. The molecule has 2 atom stereocenters. The molecule has 14 heteroatoms. The Kier molecular flexibility index (Phi) is 8.10. The van der Waals surface area contributed by atoms with Crippen LogP contribution in [-0.2, 0) is 9.47 Å². The Morgan fingerprint density at radius 3 is 2.58 bits per heavy atom. The zero-order valence-corrected chi connectivity index (χ0v) is 23.5. The van der Waals surface area contributed by atoms with Crippen molar-refractivity contribution >= 4 is 68.0 Å². The zero-order chi connectivity index (χ0) is 26.1. The predicted molar refractivity (Wildman–Crippen MR) is 143 cm³/mol. The van der Waals surface area contributed by atoms with Crippen molar-refractivity contribution in [2.75, 3.05) is 51.2 Å². The SMILES string of the molecule is COC(=O)c1sc(N2CC[C@@H](NC(=O)c3[nH]c(C)c(Cl)c3Cl)[C@@H](OC)C2)nc1-c1csc(N(C)C)n1. The van der Waals surface area contributed by atoms with Crippen LogP contribution in [0.25, 0.3) is 11.4 Å². The van der Waals surface area contributed by atoms with Crippen LogP contribution < -0.4 is 15.1 Å². The van der Waals surface area contributed by atoms with Gasteiger partial charge in [-0.2, -0.15) is 0 Å². The van der Waals surface area contributed by atoms with E-state index in [0.717, 1.165) is 5.13 Å². The van der Waals surface area contributed by atoms with Crippen LogP contribution in [-0.4, -0.2) is 80.4 Å². The Balaban J connectivity index is 1.53. The number of aromatic amines is 1. The number of anilines is 2. The first kappa shape index (κ1) is 26.7. The van der Waals surface area contributed by atoms with E-state index in [1.807, 2.05) is 29.3 Å². The number of carbonyl (C=O) groups is 2. The van der Waals surface area contributed by atoms with E-state index in [1.165, 1.54) is 29.8 Å². The monoisotopic (exact) mass is 572 g/mol. The van der Waals surface area contributed by atoms with Gasteiger partial charge in [-0.1, -0.05) is 34.5 Å². The van der Waals surface area contributed by atoms with E-state index in [2.05, 4.69) is 15.3 Å². The number of H-pyrrole nitrogens is 1. The predicted octanol–water partition coefficient (Wildman–Crippen LogP) is 4.09. The van der Waals surface area contributed by atoms with E-state index < -0.39 is 5.97 Å². The van der Waals surface area contributed by atoms with Gasteiger partial charge < -0.3 is 29.6 Å². The van der Waals surface area contributed by atoms with Gasteiger partial charge in [0.2, 0.25) is 0 Å². The molecule has 1 aliphatic heterocycles. The molecule has 0 spiro atoms. The molecule has 0 saturated carbocycles. The molecule has 1 fully saturated rings. The number of nitrogens with one attached hydrogen (secondary N) is 2. The largest absolute Gasteiger partial charge is 0.465 e. The Bertz CT molecular complexity index is 1270. The van der Waals surface area contributed by atoms with Crippen molar-refractivity contribution in [2.24, 2.45) is 0 Å². The maximum atomic E-state index is 12.8. The first-order valence-electron chi connectivity index (χ1n) is 11.0. The minimum absolute atomic E-state index is 0.197. The molecule has 3 aromatic rings. The van der Waals surface area contributed by atoms with Crippen molar-refractivity contribution in [1.29, 1.82) is 0 Å². The fourth-order valence-corrected chi connectivity index (χ4v) is 6.08. The molecule has 0 aromatic carbocycles. The van der Waals surface area contributed by atoms with E-state index in [-0.39, 0.29) is 28.8 Å². The van der Waals surface area contributed by atoms with Crippen molar-refractivity contribution < 1.29 is 19.1 Å². The average molecular weight is 574 g/mol. The van der Waals surface area contributed by atoms with Crippen LogP contribution >= 0.6 is 45.9 Å². The van der Waals surface area contributed by atoms with E-state index in [1.54, 1.807) is 14.0 Å². The van der Waals surface area contributed by atoms with Gasteiger partial charge in [-0.05, 0) is 13.3 Å². The van der Waals surface area contributed by atoms with Crippen molar-refractivity contribution in [1.82, 2.24) is 20.3 Å². The van der Waals surface area contributed by atoms with Gasteiger partial charge in [-0.3, -0.25) is 4.79 Å². The van der Waals surface area contributed by atoms with Crippen LogP contribution in [0.4, 0.5) is 10.3 Å². The third-order valence-electron chi connectivity index (χ3n) is 5.83. The first-order valence-corrected chi connectivity index (χ1v) is 13.4. The van der Waals surface area contributed by atoms with Crippen LogP contribution in [0.1, 0.15) is 32.3 Å². The summed E-state index contributed by atoms with van der Waals surface area (Å²) in [4.78, 5) is 42.0. The molecule has 4 rings (SSSR count). The molecule has 1 saturated heterocycles. The number of ether oxygens (including phenoxy) is 2. The maximum absolute atomic E-state index is 12.8. The third kappa shape index (κ3) is 5.18. The van der Waals surface area contributed by atoms with Crippen LogP contribution in [0.3, 0.4) is 0 Å². The van der Waals surface area contributed by atoms with Gasteiger partial charge in [0.05, 0.1) is 29.3 Å². The Morgan fingerprint density at radius 1 is 1.25 bits per heavy atom. The van der Waals surface area contributed by atoms with E-state index in [0.29, 0.717) is 51.6 Å². The lowest BCUT2D eigenvalue weighted by atomic mass is 10.0. The summed E-state index contributed by atoms with van der Waals surface area (Å²) >= 11 is 15.0. The van der Waals surface area contributed by atoms with E-state index >= 15 is 0 Å². The van der Waals surface area contributed by atoms with Gasteiger partial charge in [0.15, 0.2) is 10.3 Å². The number of thiazole rings is 2. The molecule has 2 N–H and O–H groups in total. The third-order valence-corrected chi connectivity index (χ3v) is 8.89. The lowest BCUT2D eigenvalue weighted by molar-refractivity contribution is 0.0540. The molecule has 1 aliphatic rings. The molecule has 3 aromatic heterocycles. The van der Waals surface area contributed by atoms with Gasteiger partial charge in [0.1, 0.15) is 22.0 Å². The Labute approximate surface area is 226 Å². The molecule has 4 heterocycles. The van der Waals surface area contributed by atoms with Gasteiger partial charge in [-0.15, -0.1) is 11.3 Å². The first-order chi connectivity index (χ1) is 17.1. The van der Waals surface area contributed by atoms with Crippen LogP contribution in [0.2, 0.25) is 10.0 Å². The number of hydrogen-bond acceptors (Lipinski definition) is 10. The van der Waals surface area contributed by atoms with Crippen molar-refractivity contribution in [3.05, 3.63) is 31.7 Å². The average Bonchev–Trinajstić information content (AvgIpc) is 3.58. The molecule has 36 heavy (non-hydrogen) atoms. The Morgan fingerprint density at radius 2 is 2.00 bits per heavy atom. The summed E-state index contributed by atoms with van der Waals surface area (Å²) in [5.74, 6) is -0.810. The second kappa shape index (κ2) is 10.9. The van der Waals surface area contributed by atoms with Gasteiger partial charge in [-0.25, -0.2) is 14.8 Å². The normalized spacial score (nSPS) is 17.8. The number of hydrogen-bond donors (Lipinski definition) is 2. The number of aryl methyl sites for hydroxylation is 1. The lowest BCUT2D eigenvalue weighted by Crippen LogP contribution is -2.55. The van der Waals surface area contributed by atoms with Crippen molar-refractivity contribution in [3.63, 3.8) is 0 Å². The number of rotatable bonds is 7. The summed E-state index contributed by atoms with van der Waals surface area (Å²) in [5, 5.41) is 6.88. The summed E-state index contributed by atoms with van der Waals surface area (Å²) in [7, 11) is 6.76. The molecular formula is C22H26Cl2N6O4S2. The minimum atomic E-state index is -0.463. The number of carbonyl (C=O) groups excluding carboxylic acids is 2. The molecule has 0 unspecified atom stereocenters. The van der Waals surface area contributed by atoms with Gasteiger partial charge in [0, 0.05) is 45.4 Å². The van der Waals surface area contributed by atoms with E-state index in [4.69, 9.17) is 37.7 Å². The molecule has 0 radical (unpaired) electrons. The number of amides is 1. The standard InChI is InChI=1S/C22H26Cl2N6O4S2/c1-10-14(23)15(24)17(25-10)19(31)26-11-6-7-30(8-13(11)33-4)22-28-16(18(36-22)20(32)34-5)12-9-35-21(27-12)29(2)3/h9,11,13,25H,6-8H2,1-5H3,(H,26,31)/t11-,13+/m1/s1. The van der Waals surface area contributed by atoms with Gasteiger partial charge >= 0.3 is 5.97 Å². The highest BCUT2D eigenvalue weighted by Crippen LogP contribution is 2.37. The summed E-state index contributed by atoms with van der Waals surface area (Å²) in [5.41, 5.74) is 1.96. The molecule has 194 valence electrons. The summed E-state index contributed by atoms with van der Waals surface area (Å²) in [6, 6.07) is -0.252. The van der Waals surface area contributed by atoms with Crippen molar-refractivity contribution in [2.45, 2.75) is 25.5 Å². The highest BCUT2D eigenvalue weighted by Gasteiger charge is 2.34. The fourth-order valence-electron chi connectivity index (χ4n) is 3.89. The summed E-state index contributed by atoms with van der Waals surface area (Å²) in [6.07, 6.45) is 0.278. The smallest absolute Gasteiger partial charge is 0.350 e. The number of esters is 1. The quantitative estimate of drug-likeness (QED) is 0.407. The van der Waals surface area contributed by atoms with Crippen molar-refractivity contribution in [3.8, 4) is 11.4 Å². The molecular weight excluding hydrogens is 547 g/mol.